The second-order valence-corrected chi connectivity index (χ2v) is 39.2. The lowest BCUT2D eigenvalue weighted by Gasteiger charge is -2.44. The van der Waals surface area contributed by atoms with Gasteiger partial charge < -0.3 is 40.9 Å². The van der Waals surface area contributed by atoms with Crippen LogP contribution in [-0.4, -0.2) is 89.7 Å². The van der Waals surface area contributed by atoms with E-state index in [1.807, 2.05) is 0 Å². The van der Waals surface area contributed by atoms with Crippen LogP contribution < -0.4 is 0 Å². The molecule has 12 saturated carbocycles. The van der Waals surface area contributed by atoms with Crippen molar-refractivity contribution < 1.29 is 40.9 Å². The van der Waals surface area contributed by atoms with E-state index in [0.29, 0.717) is 107 Å². The van der Waals surface area contributed by atoms with Gasteiger partial charge in [0, 0.05) is 0 Å². The Labute approximate surface area is 634 Å². The number of hydrogen-bond acceptors (Lipinski definition) is 8. The summed E-state index contributed by atoms with van der Waals surface area (Å²) in [6.07, 6.45) is 51.4. The van der Waals surface area contributed by atoms with Crippen LogP contribution in [0.15, 0.2) is 142 Å². The van der Waals surface area contributed by atoms with Gasteiger partial charge in [-0.05, 0) is 307 Å². The molecule has 0 heterocycles. The maximum absolute atomic E-state index is 10.1. The predicted octanol–water partition coefficient (Wildman–Crippen LogP) is 22.1. The van der Waals surface area contributed by atoms with Crippen LogP contribution in [0.3, 0.4) is 0 Å². The second-order valence-electron chi connectivity index (χ2n) is 39.2. The third-order valence-electron chi connectivity index (χ3n) is 31.1. The lowest BCUT2D eigenvalue weighted by molar-refractivity contribution is 0.0920. The summed E-state index contributed by atoms with van der Waals surface area (Å²) in [6.45, 7) is 49.3. The standard InChI is InChI=1S/C28H46O2.2C23H36O2.C22H34O2/c1-19(9-7-15-27(3,4)5)23-13-14-24-22(10-8-16-28(23,24)6)12-11-21-17-25(29)20(2)26(30)18-21;2*1-5-15(2)19-10-11-20-18(7-6-12-23(19,20)4)9-8-17-13-21(24)16(3)22(25)14-17;1-14(2)18-9-10-19-17(6-5-11-22(18,19)4)8-7-16-12-20(23)15(3)21(24)13-16/h11-12,19,23-26,29-30H,2,7-10,13-18H2,1,3-6H3;2*8-9,15,19-22,24-25H,3,5-7,10-14H2,1-2,4H3;7-8,14,18-21,23-24H,3,5-6,9-13H2,1-2,4H3/b22-12+;2*18-9+;17-8+/t19-,23+,24-,25+,26+,28+;15-,19+,20-,21+,22+,23+;15-,19-,20+,21-,22-,23-;18-,19+,20-,21-,22-/m0011/s1. The summed E-state index contributed by atoms with van der Waals surface area (Å²) in [7, 11) is 0. The fraction of sp³-hybridized carbons (Fsp3) is 0.750. The van der Waals surface area contributed by atoms with Gasteiger partial charge >= 0.3 is 0 Å². The zero-order valence-corrected chi connectivity index (χ0v) is 68.4. The van der Waals surface area contributed by atoms with Crippen molar-refractivity contribution in [3.8, 4) is 0 Å². The van der Waals surface area contributed by atoms with Gasteiger partial charge in [-0.1, -0.05) is 242 Å². The molecular weight excluding hydrogens is 1280 g/mol. The van der Waals surface area contributed by atoms with Crippen molar-refractivity contribution in [1.82, 2.24) is 0 Å². The van der Waals surface area contributed by atoms with Crippen LogP contribution >= 0.6 is 0 Å². The minimum atomic E-state index is -0.597. The largest absolute Gasteiger partial charge is 0.388 e. The average molecular weight is 1430 g/mol. The molecule has 12 aliphatic rings. The van der Waals surface area contributed by atoms with Crippen molar-refractivity contribution in [2.45, 2.75) is 358 Å². The molecule has 104 heavy (non-hydrogen) atoms. The highest BCUT2D eigenvalue weighted by Crippen LogP contribution is 2.64. The highest BCUT2D eigenvalue weighted by molar-refractivity contribution is 5.34. The van der Waals surface area contributed by atoms with Crippen molar-refractivity contribution in [3.63, 3.8) is 0 Å². The summed E-state index contributed by atoms with van der Waals surface area (Å²) in [4.78, 5) is 0. The van der Waals surface area contributed by atoms with Gasteiger partial charge in [0.1, 0.15) is 0 Å². The molecule has 8 heteroatoms. The predicted molar refractivity (Wildman–Crippen MR) is 435 cm³/mol. The minimum absolute atomic E-state index is 0.447. The number of aliphatic hydroxyl groups is 8. The summed E-state index contributed by atoms with van der Waals surface area (Å²) in [5.74, 6) is 9.54. The summed E-state index contributed by atoms with van der Waals surface area (Å²) >= 11 is 0. The monoisotopic (exact) mass is 1430 g/mol. The quantitative estimate of drug-likeness (QED) is 0.0846. The van der Waals surface area contributed by atoms with E-state index in [4.69, 9.17) is 0 Å². The van der Waals surface area contributed by atoms with Gasteiger partial charge in [-0.3, -0.25) is 0 Å². The number of aliphatic hydroxyl groups excluding tert-OH is 8. The van der Waals surface area contributed by atoms with Gasteiger partial charge in [0.15, 0.2) is 0 Å². The molecule has 0 amide bonds. The van der Waals surface area contributed by atoms with Crippen LogP contribution in [0.2, 0.25) is 0 Å². The van der Waals surface area contributed by atoms with E-state index in [-0.39, 0.29) is 0 Å². The summed E-state index contributed by atoms with van der Waals surface area (Å²) in [5, 5.41) is 80.5. The van der Waals surface area contributed by atoms with E-state index in [1.165, 1.54) is 161 Å². The zero-order valence-electron chi connectivity index (χ0n) is 68.4. The third kappa shape index (κ3) is 19.5. The Morgan fingerprint density at radius 3 is 0.817 bits per heavy atom. The first kappa shape index (κ1) is 84.6. The van der Waals surface area contributed by atoms with Crippen molar-refractivity contribution in [2.24, 2.45) is 98.1 Å². The van der Waals surface area contributed by atoms with Gasteiger partial charge in [0.2, 0.25) is 0 Å². The molecule has 0 aliphatic heterocycles. The first-order valence-electron chi connectivity index (χ1n) is 42.8. The highest BCUT2D eigenvalue weighted by Gasteiger charge is 2.54. The van der Waals surface area contributed by atoms with E-state index in [1.54, 1.807) is 22.3 Å². The Kier molecular flexibility index (Phi) is 29.4. The maximum atomic E-state index is 10.1. The topological polar surface area (TPSA) is 162 Å². The number of fused-ring (bicyclic) bond motifs is 4. The second kappa shape index (κ2) is 36.2. The van der Waals surface area contributed by atoms with Gasteiger partial charge in [0.25, 0.3) is 0 Å². The molecule has 0 aromatic heterocycles. The lowest BCUT2D eigenvalue weighted by atomic mass is 9.60. The molecule has 0 aromatic carbocycles. The summed E-state index contributed by atoms with van der Waals surface area (Å²) < 4.78 is 0. The van der Waals surface area contributed by atoms with Crippen LogP contribution in [0.5, 0.6) is 0 Å². The molecule has 8 nitrogen and oxygen atoms in total. The van der Waals surface area contributed by atoms with Crippen molar-refractivity contribution in [3.05, 3.63) is 142 Å². The summed E-state index contributed by atoms with van der Waals surface area (Å²) in [6, 6.07) is 0. The molecule has 8 N–H and O–H groups in total. The number of allylic oxidation sites excluding steroid dienone is 12. The van der Waals surface area contributed by atoms with Crippen LogP contribution in [0.4, 0.5) is 0 Å². The maximum Gasteiger partial charge on any atom is 0.0809 e. The first-order chi connectivity index (χ1) is 49.1. The molecule has 0 saturated heterocycles. The molecule has 12 rings (SSSR count). The fourth-order valence-corrected chi connectivity index (χ4v) is 24.4. The summed E-state index contributed by atoms with van der Waals surface area (Å²) in [5.41, 5.74) is 15.7. The number of hydrogen-bond donors (Lipinski definition) is 8. The van der Waals surface area contributed by atoms with Gasteiger partial charge in [-0.25, -0.2) is 0 Å². The van der Waals surface area contributed by atoms with Crippen LogP contribution in [-0.2, 0) is 0 Å². The van der Waals surface area contributed by atoms with Gasteiger partial charge in [-0.2, -0.15) is 0 Å². The van der Waals surface area contributed by atoms with Gasteiger partial charge in [0.05, 0.1) is 48.8 Å². The minimum Gasteiger partial charge on any atom is -0.388 e. The van der Waals surface area contributed by atoms with E-state index in [9.17, 15) is 40.9 Å². The van der Waals surface area contributed by atoms with E-state index >= 15 is 0 Å². The molecule has 0 radical (unpaired) electrons. The molecule has 0 bridgehead atoms. The Bertz CT molecular complexity index is 3060. The first-order valence-corrected chi connectivity index (χ1v) is 42.8. The molecule has 0 spiro atoms. The normalized spacial score (nSPS) is 40.5. The molecule has 12 fully saturated rings. The van der Waals surface area contributed by atoms with E-state index in [0.717, 1.165) is 87.4 Å². The van der Waals surface area contributed by atoms with Crippen molar-refractivity contribution in [2.75, 3.05) is 0 Å². The van der Waals surface area contributed by atoms with E-state index < -0.39 is 48.8 Å². The zero-order chi connectivity index (χ0) is 76.0. The SMILES string of the molecule is C=C1[C@H](O)CC(=C/C=C2\CCC[C@]3(C)[C@@H](C(C)C)CC[C@@H]23)C[C@H]1O.C=C1[C@H](O)CC(=C/C=C2\CCC[C@]3(C)[C@@H]([C@@H](C)CC)CC[C@@H]23)C[C@H]1O.C=C1[C@H](O)CC(=C/C=C2\CCC[C@]3(C)[C@@H]([C@@H](C)CCCC(C)(C)C)CC[C@@H]23)C[C@H]1O.C=C1[C@H](O)CC(=C/C=C2\CCC[C@]3(C)[C@@H]([C@H](C)CC)CC[C@@H]23)C[C@H]1O. The Balaban J connectivity index is 0.000000161. The molecule has 23 atom stereocenters. The van der Waals surface area contributed by atoms with Crippen molar-refractivity contribution >= 4 is 0 Å². The Hall–Kier alpha value is -3.44. The Morgan fingerprint density at radius 1 is 0.356 bits per heavy atom. The van der Waals surface area contributed by atoms with Crippen LogP contribution in [0.1, 0.15) is 309 Å². The molecule has 0 unspecified atom stereocenters. The smallest absolute Gasteiger partial charge is 0.0809 e. The Morgan fingerprint density at radius 2 is 0.587 bits per heavy atom. The lowest BCUT2D eigenvalue weighted by Crippen LogP contribution is -2.36. The average Bonchev–Trinajstić information content (AvgIpc) is 1.62. The fourth-order valence-electron chi connectivity index (χ4n) is 24.4. The van der Waals surface area contributed by atoms with E-state index in [2.05, 4.69) is 172 Å². The molecule has 584 valence electrons. The molecule has 12 aliphatic carbocycles. The van der Waals surface area contributed by atoms with Crippen LogP contribution in [0, 0.1) is 98.1 Å². The van der Waals surface area contributed by atoms with Crippen LogP contribution in [0.25, 0.3) is 0 Å². The van der Waals surface area contributed by atoms with Crippen molar-refractivity contribution in [1.29, 1.82) is 0 Å². The third-order valence-corrected chi connectivity index (χ3v) is 31.1. The van der Waals surface area contributed by atoms with Gasteiger partial charge in [-0.15, -0.1) is 0 Å². The molecular formula is C96H152O8. The molecule has 0 aromatic rings. The highest BCUT2D eigenvalue weighted by atomic mass is 16.3. The number of rotatable bonds is 13.